The average molecular weight is 272 g/mol. The van der Waals surface area contributed by atoms with E-state index in [0.717, 1.165) is 16.5 Å². The SMILES string of the molecule is Cc1ccsc1C(NN)c1ccc(F)c(F)c1F. The van der Waals surface area contributed by atoms with Crippen molar-refractivity contribution in [2.24, 2.45) is 5.84 Å². The zero-order valence-corrected chi connectivity index (χ0v) is 10.3. The zero-order chi connectivity index (χ0) is 13.3. The summed E-state index contributed by atoms with van der Waals surface area (Å²) in [6.45, 7) is 1.84. The van der Waals surface area contributed by atoms with E-state index in [1.54, 1.807) is 0 Å². The fraction of sp³-hybridized carbons (Fsp3) is 0.167. The number of hydrazine groups is 1. The largest absolute Gasteiger partial charge is 0.271 e. The van der Waals surface area contributed by atoms with Gasteiger partial charge in [0.25, 0.3) is 0 Å². The van der Waals surface area contributed by atoms with Crippen LogP contribution in [0, 0.1) is 24.4 Å². The highest BCUT2D eigenvalue weighted by atomic mass is 32.1. The van der Waals surface area contributed by atoms with Crippen molar-refractivity contribution in [3.63, 3.8) is 0 Å². The Hall–Kier alpha value is -1.37. The van der Waals surface area contributed by atoms with Crippen LogP contribution in [0.25, 0.3) is 0 Å². The summed E-state index contributed by atoms with van der Waals surface area (Å²) in [5.41, 5.74) is 3.33. The van der Waals surface area contributed by atoms with Crippen molar-refractivity contribution < 1.29 is 13.2 Å². The van der Waals surface area contributed by atoms with Gasteiger partial charge in [-0.15, -0.1) is 11.3 Å². The Kier molecular flexibility index (Phi) is 3.70. The maximum Gasteiger partial charge on any atom is 0.194 e. The Morgan fingerprint density at radius 3 is 2.44 bits per heavy atom. The first-order valence-electron chi connectivity index (χ1n) is 5.19. The van der Waals surface area contributed by atoms with Crippen molar-refractivity contribution in [1.82, 2.24) is 5.43 Å². The summed E-state index contributed by atoms with van der Waals surface area (Å²) < 4.78 is 39.8. The Balaban J connectivity index is 2.53. The van der Waals surface area contributed by atoms with E-state index >= 15 is 0 Å². The van der Waals surface area contributed by atoms with E-state index in [9.17, 15) is 13.2 Å². The fourth-order valence-electron chi connectivity index (χ4n) is 1.75. The second-order valence-electron chi connectivity index (χ2n) is 3.83. The summed E-state index contributed by atoms with van der Waals surface area (Å²) in [7, 11) is 0. The third-order valence-electron chi connectivity index (χ3n) is 2.71. The van der Waals surface area contributed by atoms with E-state index in [0.29, 0.717) is 0 Å². The molecule has 6 heteroatoms. The molecule has 1 heterocycles. The molecule has 0 aliphatic heterocycles. The first-order valence-corrected chi connectivity index (χ1v) is 6.07. The molecule has 0 aliphatic rings. The number of nitrogens with one attached hydrogen (secondary N) is 1. The van der Waals surface area contributed by atoms with Gasteiger partial charge in [0.15, 0.2) is 17.5 Å². The predicted octanol–water partition coefficient (Wildman–Crippen LogP) is 3.03. The van der Waals surface area contributed by atoms with Gasteiger partial charge in [-0.3, -0.25) is 5.84 Å². The summed E-state index contributed by atoms with van der Waals surface area (Å²) in [6.07, 6.45) is 0. The summed E-state index contributed by atoms with van der Waals surface area (Å²) in [6, 6.07) is 3.24. The Bertz CT molecular complexity index is 568. The maximum atomic E-state index is 13.7. The van der Waals surface area contributed by atoms with Gasteiger partial charge in [-0.25, -0.2) is 18.6 Å². The molecule has 1 atom stereocenters. The highest BCUT2D eigenvalue weighted by Crippen LogP contribution is 2.31. The monoisotopic (exact) mass is 272 g/mol. The topological polar surface area (TPSA) is 38.0 Å². The Morgan fingerprint density at radius 1 is 1.17 bits per heavy atom. The van der Waals surface area contributed by atoms with E-state index in [2.05, 4.69) is 5.43 Å². The van der Waals surface area contributed by atoms with Crippen LogP contribution < -0.4 is 11.3 Å². The minimum absolute atomic E-state index is 0.0121. The molecule has 0 radical (unpaired) electrons. The van der Waals surface area contributed by atoms with Crippen LogP contribution in [0.15, 0.2) is 23.6 Å². The van der Waals surface area contributed by atoms with Crippen LogP contribution in [0.5, 0.6) is 0 Å². The molecule has 0 saturated heterocycles. The van der Waals surface area contributed by atoms with Crippen molar-refractivity contribution in [3.05, 3.63) is 57.0 Å². The van der Waals surface area contributed by atoms with Crippen LogP contribution in [-0.4, -0.2) is 0 Å². The van der Waals surface area contributed by atoms with Crippen LogP contribution >= 0.6 is 11.3 Å². The molecular formula is C12H11F3N2S. The quantitative estimate of drug-likeness (QED) is 0.512. The lowest BCUT2D eigenvalue weighted by Gasteiger charge is -2.17. The number of benzene rings is 1. The van der Waals surface area contributed by atoms with Crippen molar-refractivity contribution in [1.29, 1.82) is 0 Å². The van der Waals surface area contributed by atoms with Crippen LogP contribution in [0.1, 0.15) is 22.0 Å². The first kappa shape index (κ1) is 13.1. The summed E-state index contributed by atoms with van der Waals surface area (Å²) in [4.78, 5) is 0.766. The zero-order valence-electron chi connectivity index (χ0n) is 9.51. The van der Waals surface area contributed by atoms with Crippen LogP contribution in [0.4, 0.5) is 13.2 Å². The summed E-state index contributed by atoms with van der Waals surface area (Å²) in [5.74, 6) is 1.48. The third-order valence-corrected chi connectivity index (χ3v) is 3.79. The van der Waals surface area contributed by atoms with Crippen LogP contribution in [0.2, 0.25) is 0 Å². The molecule has 3 N–H and O–H groups in total. The number of nitrogens with two attached hydrogens (primary N) is 1. The van der Waals surface area contributed by atoms with Crippen LogP contribution in [-0.2, 0) is 0 Å². The molecule has 0 amide bonds. The van der Waals surface area contributed by atoms with Crippen molar-refractivity contribution in [3.8, 4) is 0 Å². The molecule has 2 rings (SSSR count). The van der Waals surface area contributed by atoms with Crippen molar-refractivity contribution in [2.45, 2.75) is 13.0 Å². The first-order chi connectivity index (χ1) is 8.56. The number of hydrogen-bond donors (Lipinski definition) is 2. The van der Waals surface area contributed by atoms with E-state index in [-0.39, 0.29) is 5.56 Å². The molecule has 0 bridgehead atoms. The van der Waals surface area contributed by atoms with Gasteiger partial charge in [-0.05, 0) is 30.0 Å². The molecule has 0 fully saturated rings. The van der Waals surface area contributed by atoms with E-state index in [1.807, 2.05) is 18.4 Å². The lowest BCUT2D eigenvalue weighted by molar-refractivity contribution is 0.433. The molecular weight excluding hydrogens is 261 g/mol. The Labute approximate surface area is 106 Å². The molecule has 0 spiro atoms. The lowest BCUT2D eigenvalue weighted by Crippen LogP contribution is -2.29. The van der Waals surface area contributed by atoms with Crippen molar-refractivity contribution in [2.75, 3.05) is 0 Å². The molecule has 1 unspecified atom stereocenters. The number of halogens is 3. The number of rotatable bonds is 3. The molecule has 2 nitrogen and oxygen atoms in total. The van der Waals surface area contributed by atoms with Crippen LogP contribution in [0.3, 0.4) is 0 Å². The normalized spacial score (nSPS) is 12.7. The van der Waals surface area contributed by atoms with Gasteiger partial charge >= 0.3 is 0 Å². The van der Waals surface area contributed by atoms with Gasteiger partial charge in [0.2, 0.25) is 0 Å². The summed E-state index contributed by atoms with van der Waals surface area (Å²) >= 11 is 1.37. The maximum absolute atomic E-state index is 13.7. The van der Waals surface area contributed by atoms with Gasteiger partial charge < -0.3 is 0 Å². The smallest absolute Gasteiger partial charge is 0.194 e. The number of thiophene rings is 1. The van der Waals surface area contributed by atoms with Gasteiger partial charge in [-0.2, -0.15) is 0 Å². The summed E-state index contributed by atoms with van der Waals surface area (Å²) in [5, 5.41) is 1.83. The average Bonchev–Trinajstić information content (AvgIpc) is 2.77. The van der Waals surface area contributed by atoms with E-state index in [1.165, 1.54) is 17.4 Å². The van der Waals surface area contributed by atoms with E-state index < -0.39 is 23.5 Å². The fourth-order valence-corrected chi connectivity index (χ4v) is 2.75. The molecule has 1 aromatic carbocycles. The number of aryl methyl sites for hydroxylation is 1. The minimum Gasteiger partial charge on any atom is -0.271 e. The van der Waals surface area contributed by atoms with Crippen molar-refractivity contribution >= 4 is 11.3 Å². The lowest BCUT2D eigenvalue weighted by atomic mass is 10.0. The molecule has 1 aromatic heterocycles. The third kappa shape index (κ3) is 2.14. The Morgan fingerprint density at radius 2 is 1.89 bits per heavy atom. The highest BCUT2D eigenvalue weighted by molar-refractivity contribution is 7.10. The molecule has 0 aliphatic carbocycles. The molecule has 2 aromatic rings. The molecule has 18 heavy (non-hydrogen) atoms. The highest BCUT2D eigenvalue weighted by Gasteiger charge is 2.23. The second kappa shape index (κ2) is 5.09. The van der Waals surface area contributed by atoms with Gasteiger partial charge in [0, 0.05) is 10.4 Å². The van der Waals surface area contributed by atoms with Gasteiger partial charge in [-0.1, -0.05) is 6.07 Å². The predicted molar refractivity (Wildman–Crippen MR) is 64.5 cm³/mol. The van der Waals surface area contributed by atoms with Gasteiger partial charge in [0.05, 0.1) is 6.04 Å². The second-order valence-corrected chi connectivity index (χ2v) is 4.78. The van der Waals surface area contributed by atoms with E-state index in [4.69, 9.17) is 5.84 Å². The number of hydrogen-bond acceptors (Lipinski definition) is 3. The molecule has 96 valence electrons. The molecule has 0 saturated carbocycles. The standard InChI is InChI=1S/C12H11F3N2S/c1-6-4-5-18-12(6)11(17-16)7-2-3-8(13)10(15)9(7)14/h2-5,11,17H,16H2,1H3. The van der Waals surface area contributed by atoms with Gasteiger partial charge in [0.1, 0.15) is 0 Å². The minimum atomic E-state index is -1.48.